The van der Waals surface area contributed by atoms with Gasteiger partial charge < -0.3 is 9.47 Å². The first-order valence-corrected chi connectivity index (χ1v) is 6.36. The molecule has 0 bridgehead atoms. The molecule has 18 heavy (non-hydrogen) atoms. The minimum absolute atomic E-state index is 0.000648. The van der Waals surface area contributed by atoms with Crippen LogP contribution in [0.3, 0.4) is 0 Å². The second-order valence-corrected chi connectivity index (χ2v) is 4.30. The third-order valence-corrected chi connectivity index (χ3v) is 3.18. The van der Waals surface area contributed by atoms with E-state index < -0.39 is 0 Å². The minimum Gasteiger partial charge on any atom is -0.496 e. The SMILES string of the molecule is CCOC(CC)C(=O)c1ccc(C)c(C)c1OC. The standard InChI is InChI=1S/C15H22O3/c1-6-13(18-7-2)14(16)12-9-8-10(3)11(4)15(12)17-5/h8-9,13H,6-7H2,1-5H3. The topological polar surface area (TPSA) is 35.5 Å². The van der Waals surface area contributed by atoms with Gasteiger partial charge in [0.1, 0.15) is 11.9 Å². The Morgan fingerprint density at radius 2 is 1.94 bits per heavy atom. The summed E-state index contributed by atoms with van der Waals surface area (Å²) in [5.74, 6) is 0.664. The first kappa shape index (κ1) is 14.7. The number of benzene rings is 1. The molecule has 100 valence electrons. The van der Waals surface area contributed by atoms with E-state index in [1.54, 1.807) is 7.11 Å². The van der Waals surface area contributed by atoms with Crippen LogP contribution in [0.2, 0.25) is 0 Å². The van der Waals surface area contributed by atoms with E-state index in [-0.39, 0.29) is 11.9 Å². The van der Waals surface area contributed by atoms with Gasteiger partial charge in [0.2, 0.25) is 0 Å². The van der Waals surface area contributed by atoms with Crippen LogP contribution in [0.4, 0.5) is 0 Å². The van der Waals surface area contributed by atoms with E-state index in [9.17, 15) is 4.79 Å². The molecule has 0 radical (unpaired) electrons. The van der Waals surface area contributed by atoms with Crippen LogP contribution >= 0.6 is 0 Å². The molecule has 0 N–H and O–H groups in total. The zero-order chi connectivity index (χ0) is 13.7. The number of methoxy groups -OCH3 is 1. The van der Waals surface area contributed by atoms with Gasteiger partial charge in [-0.05, 0) is 44.4 Å². The summed E-state index contributed by atoms with van der Waals surface area (Å²) in [4.78, 5) is 12.4. The first-order valence-electron chi connectivity index (χ1n) is 6.36. The highest BCUT2D eigenvalue weighted by Gasteiger charge is 2.23. The van der Waals surface area contributed by atoms with Crippen molar-refractivity contribution >= 4 is 5.78 Å². The monoisotopic (exact) mass is 250 g/mol. The van der Waals surface area contributed by atoms with E-state index >= 15 is 0 Å². The summed E-state index contributed by atoms with van der Waals surface area (Å²) in [6.45, 7) is 8.36. The molecular weight excluding hydrogens is 228 g/mol. The van der Waals surface area contributed by atoms with Crippen LogP contribution < -0.4 is 4.74 Å². The van der Waals surface area contributed by atoms with Gasteiger partial charge >= 0.3 is 0 Å². The summed E-state index contributed by atoms with van der Waals surface area (Å²) in [6.07, 6.45) is 0.286. The molecule has 0 fully saturated rings. The summed E-state index contributed by atoms with van der Waals surface area (Å²) in [5.41, 5.74) is 2.74. The fraction of sp³-hybridized carbons (Fsp3) is 0.533. The number of carbonyl (C=O) groups excluding carboxylic acids is 1. The Morgan fingerprint density at radius 1 is 1.28 bits per heavy atom. The van der Waals surface area contributed by atoms with Gasteiger partial charge in [-0.3, -0.25) is 4.79 Å². The summed E-state index contributed by atoms with van der Waals surface area (Å²) < 4.78 is 10.8. The van der Waals surface area contributed by atoms with Crippen molar-refractivity contribution in [2.75, 3.05) is 13.7 Å². The third-order valence-electron chi connectivity index (χ3n) is 3.18. The fourth-order valence-corrected chi connectivity index (χ4v) is 2.00. The Bertz CT molecular complexity index is 424. The van der Waals surface area contributed by atoms with Gasteiger partial charge in [-0.25, -0.2) is 0 Å². The largest absolute Gasteiger partial charge is 0.496 e. The van der Waals surface area contributed by atoms with Crippen LogP contribution in [0.25, 0.3) is 0 Å². The molecule has 1 aromatic carbocycles. The molecule has 0 aromatic heterocycles. The van der Waals surface area contributed by atoms with E-state index in [2.05, 4.69) is 0 Å². The molecule has 3 heteroatoms. The Kier molecular flexibility index (Phi) is 5.35. The smallest absolute Gasteiger partial charge is 0.195 e. The van der Waals surface area contributed by atoms with Crippen LogP contribution in [0.5, 0.6) is 5.75 Å². The fourth-order valence-electron chi connectivity index (χ4n) is 2.00. The van der Waals surface area contributed by atoms with Crippen molar-refractivity contribution in [3.05, 3.63) is 28.8 Å². The average Bonchev–Trinajstić information content (AvgIpc) is 2.38. The molecule has 1 unspecified atom stereocenters. The molecule has 0 saturated carbocycles. The predicted octanol–water partition coefficient (Wildman–Crippen LogP) is 3.31. The van der Waals surface area contributed by atoms with Crippen LogP contribution in [0.15, 0.2) is 12.1 Å². The van der Waals surface area contributed by atoms with Crippen LogP contribution in [0.1, 0.15) is 41.8 Å². The molecule has 0 amide bonds. The van der Waals surface area contributed by atoms with Crippen molar-refractivity contribution in [3.8, 4) is 5.75 Å². The Balaban J connectivity index is 3.16. The molecule has 0 aliphatic heterocycles. The lowest BCUT2D eigenvalue weighted by Crippen LogP contribution is -2.24. The second-order valence-electron chi connectivity index (χ2n) is 4.30. The third kappa shape index (κ3) is 2.91. The van der Waals surface area contributed by atoms with Crippen molar-refractivity contribution in [2.45, 2.75) is 40.2 Å². The molecule has 0 saturated heterocycles. The minimum atomic E-state index is -0.383. The molecule has 1 aromatic rings. The number of Topliss-reactive ketones (excluding diaryl/α,β-unsaturated/α-hetero) is 1. The van der Waals surface area contributed by atoms with Crippen molar-refractivity contribution < 1.29 is 14.3 Å². The lowest BCUT2D eigenvalue weighted by Gasteiger charge is -2.17. The maximum atomic E-state index is 12.4. The normalized spacial score (nSPS) is 12.3. The first-order chi connectivity index (χ1) is 8.56. The Hall–Kier alpha value is -1.35. The highest BCUT2D eigenvalue weighted by molar-refractivity contribution is 6.02. The van der Waals surface area contributed by atoms with Gasteiger partial charge in [0.05, 0.1) is 12.7 Å². The van der Waals surface area contributed by atoms with Crippen molar-refractivity contribution in [1.29, 1.82) is 0 Å². The molecule has 0 spiro atoms. The highest BCUT2D eigenvalue weighted by Crippen LogP contribution is 2.28. The summed E-state index contributed by atoms with van der Waals surface area (Å²) in [6, 6.07) is 3.77. The summed E-state index contributed by atoms with van der Waals surface area (Å²) in [7, 11) is 1.60. The van der Waals surface area contributed by atoms with Gasteiger partial charge in [-0.2, -0.15) is 0 Å². The Morgan fingerprint density at radius 3 is 2.44 bits per heavy atom. The molecule has 3 nitrogen and oxygen atoms in total. The molecule has 0 aliphatic carbocycles. The predicted molar refractivity (Wildman–Crippen MR) is 72.5 cm³/mol. The average molecular weight is 250 g/mol. The van der Waals surface area contributed by atoms with Crippen LogP contribution in [0, 0.1) is 13.8 Å². The summed E-state index contributed by atoms with van der Waals surface area (Å²) >= 11 is 0. The van der Waals surface area contributed by atoms with E-state index in [1.807, 2.05) is 39.8 Å². The van der Waals surface area contributed by atoms with E-state index in [4.69, 9.17) is 9.47 Å². The van der Waals surface area contributed by atoms with Gasteiger partial charge in [-0.1, -0.05) is 13.0 Å². The molecule has 1 rings (SSSR count). The number of ketones is 1. The number of hydrogen-bond acceptors (Lipinski definition) is 3. The number of carbonyl (C=O) groups is 1. The van der Waals surface area contributed by atoms with Crippen LogP contribution in [-0.2, 0) is 4.74 Å². The lowest BCUT2D eigenvalue weighted by molar-refractivity contribution is 0.0441. The maximum absolute atomic E-state index is 12.4. The number of rotatable bonds is 6. The van der Waals surface area contributed by atoms with Crippen molar-refractivity contribution in [2.24, 2.45) is 0 Å². The van der Waals surface area contributed by atoms with Crippen molar-refractivity contribution in [3.63, 3.8) is 0 Å². The van der Waals surface area contributed by atoms with Crippen LogP contribution in [-0.4, -0.2) is 25.6 Å². The van der Waals surface area contributed by atoms with Crippen molar-refractivity contribution in [1.82, 2.24) is 0 Å². The highest BCUT2D eigenvalue weighted by atomic mass is 16.5. The summed E-state index contributed by atoms with van der Waals surface area (Å²) in [5, 5.41) is 0. The van der Waals surface area contributed by atoms with Gasteiger partial charge in [0.25, 0.3) is 0 Å². The Labute approximate surface area is 109 Å². The van der Waals surface area contributed by atoms with E-state index in [0.29, 0.717) is 24.3 Å². The zero-order valence-electron chi connectivity index (χ0n) is 11.9. The number of hydrogen-bond donors (Lipinski definition) is 0. The van der Waals surface area contributed by atoms with E-state index in [1.165, 1.54) is 0 Å². The van der Waals surface area contributed by atoms with E-state index in [0.717, 1.165) is 11.1 Å². The zero-order valence-corrected chi connectivity index (χ0v) is 11.9. The van der Waals surface area contributed by atoms with Gasteiger partial charge in [0.15, 0.2) is 5.78 Å². The molecule has 1 atom stereocenters. The van der Waals surface area contributed by atoms with Gasteiger partial charge in [-0.15, -0.1) is 0 Å². The molecule has 0 heterocycles. The lowest BCUT2D eigenvalue weighted by atomic mass is 9.98. The maximum Gasteiger partial charge on any atom is 0.195 e. The molecule has 0 aliphatic rings. The number of aryl methyl sites for hydroxylation is 1. The molecular formula is C15H22O3. The van der Waals surface area contributed by atoms with Gasteiger partial charge in [0, 0.05) is 6.61 Å². The second kappa shape index (κ2) is 6.55. The quantitative estimate of drug-likeness (QED) is 0.727. The number of ether oxygens (including phenoxy) is 2.